The monoisotopic (exact) mass is 490 g/mol. The summed E-state index contributed by atoms with van der Waals surface area (Å²) < 4.78 is 0. The van der Waals surface area contributed by atoms with Gasteiger partial charge in [0.2, 0.25) is 17.7 Å². The molecule has 0 heterocycles. The maximum atomic E-state index is 12.9. The SMILES string of the molecule is CCC(C)C(NC(=O)C(CC(=O)O)NC(=O)C(CC(C)C)NC(=O)C(N)CCSC)C(=O)O. The highest BCUT2D eigenvalue weighted by atomic mass is 32.2. The molecule has 0 aromatic rings. The van der Waals surface area contributed by atoms with E-state index in [1.165, 1.54) is 11.8 Å². The Bertz CT molecular complexity index is 690. The fourth-order valence-electron chi connectivity index (χ4n) is 2.95. The summed E-state index contributed by atoms with van der Waals surface area (Å²) in [4.78, 5) is 60.8. The molecule has 0 saturated heterocycles. The molecule has 0 aromatic carbocycles. The minimum absolute atomic E-state index is 0.00276. The molecule has 5 atom stereocenters. The highest BCUT2D eigenvalue weighted by Gasteiger charge is 2.33. The molecule has 3 amide bonds. The summed E-state index contributed by atoms with van der Waals surface area (Å²) >= 11 is 1.53. The van der Waals surface area contributed by atoms with Gasteiger partial charge < -0.3 is 31.9 Å². The van der Waals surface area contributed by atoms with Crippen LogP contribution >= 0.6 is 11.8 Å². The molecular weight excluding hydrogens is 452 g/mol. The lowest BCUT2D eigenvalue weighted by Gasteiger charge is -2.26. The molecule has 11 nitrogen and oxygen atoms in total. The van der Waals surface area contributed by atoms with Crippen LogP contribution in [0.1, 0.15) is 53.4 Å². The van der Waals surface area contributed by atoms with Crippen molar-refractivity contribution >= 4 is 41.4 Å². The zero-order valence-corrected chi connectivity index (χ0v) is 20.7. The van der Waals surface area contributed by atoms with Crippen LogP contribution in [0, 0.1) is 11.8 Å². The summed E-state index contributed by atoms with van der Waals surface area (Å²) in [5.74, 6) is -4.56. The number of aliphatic carboxylic acids is 2. The van der Waals surface area contributed by atoms with Crippen LogP contribution in [0.15, 0.2) is 0 Å². The summed E-state index contributed by atoms with van der Waals surface area (Å²) in [5, 5.41) is 25.8. The van der Waals surface area contributed by atoms with Crippen LogP contribution in [0.3, 0.4) is 0 Å². The molecule has 12 heteroatoms. The number of carbonyl (C=O) groups is 5. The fourth-order valence-corrected chi connectivity index (χ4v) is 3.44. The van der Waals surface area contributed by atoms with Gasteiger partial charge in [-0.05, 0) is 36.7 Å². The van der Waals surface area contributed by atoms with E-state index in [2.05, 4.69) is 16.0 Å². The second-order valence-electron chi connectivity index (χ2n) is 8.45. The first-order valence-corrected chi connectivity index (χ1v) is 12.3. The molecule has 0 spiro atoms. The van der Waals surface area contributed by atoms with Gasteiger partial charge in [0.15, 0.2) is 0 Å². The number of nitrogens with one attached hydrogen (secondary N) is 3. The van der Waals surface area contributed by atoms with E-state index in [1.807, 2.05) is 20.1 Å². The Labute approximate surface area is 199 Å². The maximum absolute atomic E-state index is 12.9. The topological polar surface area (TPSA) is 188 Å². The van der Waals surface area contributed by atoms with Crippen molar-refractivity contribution < 1.29 is 34.2 Å². The van der Waals surface area contributed by atoms with Gasteiger partial charge in [-0.2, -0.15) is 11.8 Å². The smallest absolute Gasteiger partial charge is 0.326 e. The molecule has 0 saturated carbocycles. The van der Waals surface area contributed by atoms with E-state index in [-0.39, 0.29) is 12.3 Å². The Hall–Kier alpha value is -2.34. The van der Waals surface area contributed by atoms with Crippen LogP contribution in [0.5, 0.6) is 0 Å². The van der Waals surface area contributed by atoms with Gasteiger partial charge in [0, 0.05) is 0 Å². The number of rotatable bonds is 16. The number of nitrogens with two attached hydrogens (primary N) is 1. The zero-order chi connectivity index (χ0) is 25.7. The zero-order valence-electron chi connectivity index (χ0n) is 19.9. The summed E-state index contributed by atoms with van der Waals surface area (Å²) in [6.45, 7) is 7.07. The fraction of sp³-hybridized carbons (Fsp3) is 0.762. The molecule has 0 fully saturated rings. The Balaban J connectivity index is 5.52. The third-order valence-electron chi connectivity index (χ3n) is 5.10. The minimum Gasteiger partial charge on any atom is -0.481 e. The number of thioether (sulfide) groups is 1. The first-order chi connectivity index (χ1) is 15.3. The first-order valence-electron chi connectivity index (χ1n) is 10.9. The van der Waals surface area contributed by atoms with E-state index in [4.69, 9.17) is 5.73 Å². The van der Waals surface area contributed by atoms with Crippen LogP contribution in [-0.2, 0) is 24.0 Å². The van der Waals surface area contributed by atoms with Gasteiger partial charge in [-0.15, -0.1) is 0 Å². The van der Waals surface area contributed by atoms with Crippen molar-refractivity contribution in [1.82, 2.24) is 16.0 Å². The lowest BCUT2D eigenvalue weighted by Crippen LogP contribution is -2.58. The molecule has 0 bridgehead atoms. The quantitative estimate of drug-likeness (QED) is 0.175. The third kappa shape index (κ3) is 11.9. The number of hydrogen-bond acceptors (Lipinski definition) is 7. The Kier molecular flexibility index (Phi) is 14.4. The van der Waals surface area contributed by atoms with Crippen LogP contribution in [0.4, 0.5) is 0 Å². The summed E-state index contributed by atoms with van der Waals surface area (Å²) in [6, 6.07) is -4.61. The van der Waals surface area contributed by atoms with Crippen molar-refractivity contribution in [2.45, 2.75) is 77.5 Å². The number of carboxylic acids is 2. The Morgan fingerprint density at radius 3 is 1.91 bits per heavy atom. The van der Waals surface area contributed by atoms with Crippen molar-refractivity contribution in [3.8, 4) is 0 Å². The van der Waals surface area contributed by atoms with Crippen molar-refractivity contribution in [3.05, 3.63) is 0 Å². The summed E-state index contributed by atoms with van der Waals surface area (Å²) in [5.41, 5.74) is 5.87. The molecule has 33 heavy (non-hydrogen) atoms. The van der Waals surface area contributed by atoms with E-state index in [9.17, 15) is 34.2 Å². The van der Waals surface area contributed by atoms with E-state index in [0.29, 0.717) is 18.6 Å². The van der Waals surface area contributed by atoms with Gasteiger partial charge in [-0.3, -0.25) is 19.2 Å². The predicted molar refractivity (Wildman–Crippen MR) is 126 cm³/mol. The van der Waals surface area contributed by atoms with Crippen molar-refractivity contribution in [3.63, 3.8) is 0 Å². The molecule has 0 aromatic heterocycles. The molecule has 7 N–H and O–H groups in total. The molecule has 0 aliphatic heterocycles. The van der Waals surface area contributed by atoms with E-state index in [1.54, 1.807) is 13.8 Å². The van der Waals surface area contributed by atoms with Gasteiger partial charge in [-0.25, -0.2) is 4.79 Å². The molecule has 5 unspecified atom stereocenters. The lowest BCUT2D eigenvalue weighted by atomic mass is 9.98. The van der Waals surface area contributed by atoms with Crippen molar-refractivity contribution in [2.24, 2.45) is 17.6 Å². The van der Waals surface area contributed by atoms with Gasteiger partial charge >= 0.3 is 11.9 Å². The largest absolute Gasteiger partial charge is 0.481 e. The molecule has 0 rings (SSSR count). The first kappa shape index (κ1) is 30.7. The van der Waals surface area contributed by atoms with Crippen molar-refractivity contribution in [1.29, 1.82) is 0 Å². The highest BCUT2D eigenvalue weighted by Crippen LogP contribution is 2.10. The Morgan fingerprint density at radius 2 is 1.45 bits per heavy atom. The number of carboxylic acid groups (broad SMARTS) is 2. The van der Waals surface area contributed by atoms with Gasteiger partial charge in [0.25, 0.3) is 0 Å². The van der Waals surface area contributed by atoms with Gasteiger partial charge in [0.05, 0.1) is 12.5 Å². The summed E-state index contributed by atoms with van der Waals surface area (Å²) in [6.07, 6.45) is 2.24. The number of amides is 3. The molecule has 0 radical (unpaired) electrons. The minimum atomic E-state index is -1.52. The standard InChI is InChI=1S/C21H38N4O7S/c1-6-12(4)17(21(31)32)25-20(30)15(10-16(26)27)24-19(29)14(9-11(2)3)23-18(28)13(22)7-8-33-5/h11-15,17H,6-10,22H2,1-5H3,(H,23,28)(H,24,29)(H,25,30)(H,26,27)(H,31,32). The summed E-state index contributed by atoms with van der Waals surface area (Å²) in [7, 11) is 0. The van der Waals surface area contributed by atoms with Crippen LogP contribution in [-0.4, -0.2) is 76.0 Å². The maximum Gasteiger partial charge on any atom is 0.326 e. The second kappa shape index (κ2) is 15.5. The van der Waals surface area contributed by atoms with Crippen LogP contribution in [0.2, 0.25) is 0 Å². The highest BCUT2D eigenvalue weighted by molar-refractivity contribution is 7.98. The molecule has 0 aliphatic carbocycles. The van der Waals surface area contributed by atoms with Gasteiger partial charge in [0.1, 0.15) is 18.1 Å². The van der Waals surface area contributed by atoms with Crippen molar-refractivity contribution in [2.75, 3.05) is 12.0 Å². The van der Waals surface area contributed by atoms with E-state index >= 15 is 0 Å². The number of hydrogen-bond donors (Lipinski definition) is 6. The normalized spacial score (nSPS) is 15.6. The average molecular weight is 491 g/mol. The third-order valence-corrected chi connectivity index (χ3v) is 5.74. The average Bonchev–Trinajstić information content (AvgIpc) is 2.72. The number of carbonyl (C=O) groups excluding carboxylic acids is 3. The Morgan fingerprint density at radius 1 is 0.909 bits per heavy atom. The molecular formula is C21H38N4O7S. The van der Waals surface area contributed by atoms with Gasteiger partial charge in [-0.1, -0.05) is 34.1 Å². The van der Waals surface area contributed by atoms with E-state index in [0.717, 1.165) is 0 Å². The van der Waals surface area contributed by atoms with E-state index < -0.39 is 66.2 Å². The molecule has 190 valence electrons. The predicted octanol–water partition coefficient (Wildman–Crippen LogP) is 0.173. The van der Waals surface area contributed by atoms with Crippen LogP contribution < -0.4 is 21.7 Å². The lowest BCUT2D eigenvalue weighted by molar-refractivity contribution is -0.144. The second-order valence-corrected chi connectivity index (χ2v) is 9.43. The van der Waals surface area contributed by atoms with Crippen LogP contribution in [0.25, 0.3) is 0 Å². The molecule has 0 aliphatic rings.